The molecule has 0 aliphatic carbocycles. The Labute approximate surface area is 171 Å². The summed E-state index contributed by atoms with van der Waals surface area (Å²) in [6.07, 6.45) is 0.923. The second kappa shape index (κ2) is 6.62. The van der Waals surface area contributed by atoms with E-state index in [9.17, 15) is 9.59 Å². The number of aromatic nitrogens is 2. The minimum Gasteiger partial charge on any atom is -0.391 e. The maximum absolute atomic E-state index is 12.4. The van der Waals surface area contributed by atoms with E-state index in [0.717, 1.165) is 0 Å². The quantitative estimate of drug-likeness (QED) is 0.549. The Bertz CT molecular complexity index is 897. The minimum absolute atomic E-state index is 0.0288. The van der Waals surface area contributed by atoms with Crippen molar-refractivity contribution < 1.29 is 18.3 Å². The molecule has 0 spiro atoms. The molecule has 0 bridgehead atoms. The van der Waals surface area contributed by atoms with Crippen molar-refractivity contribution >= 4 is 8.56 Å². The van der Waals surface area contributed by atoms with Gasteiger partial charge in [0.05, 0.1) is 12.7 Å². The second-order valence-electron chi connectivity index (χ2n) is 10.5. The van der Waals surface area contributed by atoms with Crippen LogP contribution in [0.2, 0.25) is 10.1 Å². The highest BCUT2D eigenvalue weighted by atomic mass is 28.4. The highest BCUT2D eigenvalue weighted by Gasteiger charge is 2.66. The van der Waals surface area contributed by atoms with Crippen LogP contribution in [0, 0.1) is 6.92 Å². The number of epoxide rings is 1. The summed E-state index contributed by atoms with van der Waals surface area (Å²) < 4.78 is 27.1. The Balaban J connectivity index is 1.65. The van der Waals surface area contributed by atoms with Gasteiger partial charge in [0.25, 0.3) is 5.56 Å². The van der Waals surface area contributed by atoms with Gasteiger partial charge in [-0.3, -0.25) is 14.3 Å². The Hall–Kier alpha value is -1.26. The molecule has 1 N–H and O–H groups in total. The van der Waals surface area contributed by atoms with Gasteiger partial charge >= 0.3 is 14.3 Å². The molecule has 1 aromatic rings. The number of ether oxygens (including phenoxy) is 2. The first-order chi connectivity index (χ1) is 13.3. The lowest BCUT2D eigenvalue weighted by Gasteiger charge is -2.54. The summed E-state index contributed by atoms with van der Waals surface area (Å²) in [5.74, 6) is 0. The molecule has 4 heterocycles. The van der Waals surface area contributed by atoms with E-state index < -0.39 is 20.5 Å². The fourth-order valence-electron chi connectivity index (χ4n) is 4.97. The summed E-state index contributed by atoms with van der Waals surface area (Å²) in [7, 11) is -2.64. The number of H-pyrrole nitrogens is 1. The predicted molar refractivity (Wildman–Crippen MR) is 109 cm³/mol. The van der Waals surface area contributed by atoms with E-state index in [4.69, 9.17) is 18.3 Å². The van der Waals surface area contributed by atoms with Crippen LogP contribution in [-0.2, 0) is 18.3 Å². The molecule has 0 saturated carbocycles. The summed E-state index contributed by atoms with van der Waals surface area (Å²) in [5.41, 5.74) is -0.397. The van der Waals surface area contributed by atoms with E-state index in [0.29, 0.717) is 18.6 Å². The molecular formula is C20H32N2O6Si. The monoisotopic (exact) mass is 424 g/mol. The summed E-state index contributed by atoms with van der Waals surface area (Å²) >= 11 is 0. The average Bonchev–Trinajstić information content (AvgIpc) is 3.35. The van der Waals surface area contributed by atoms with Crippen LogP contribution < -0.4 is 11.2 Å². The van der Waals surface area contributed by atoms with Crippen molar-refractivity contribution in [2.24, 2.45) is 0 Å². The molecule has 8 nitrogen and oxygen atoms in total. The number of hydrogen-bond donors (Lipinski definition) is 1. The molecule has 3 saturated heterocycles. The van der Waals surface area contributed by atoms with Gasteiger partial charge in [-0.1, -0.05) is 41.5 Å². The van der Waals surface area contributed by atoms with E-state index >= 15 is 0 Å². The van der Waals surface area contributed by atoms with Gasteiger partial charge in [-0.05, 0) is 6.92 Å². The fraction of sp³-hybridized carbons (Fsp3) is 0.800. The summed E-state index contributed by atoms with van der Waals surface area (Å²) in [6.45, 7) is 15.2. The molecule has 3 fully saturated rings. The molecule has 4 rings (SSSR count). The van der Waals surface area contributed by atoms with Gasteiger partial charge in [-0.15, -0.1) is 0 Å². The maximum atomic E-state index is 12.4. The van der Waals surface area contributed by atoms with Crippen LogP contribution >= 0.6 is 0 Å². The summed E-state index contributed by atoms with van der Waals surface area (Å²) in [5, 5.41) is -0.251. The van der Waals surface area contributed by atoms with Gasteiger partial charge in [0, 0.05) is 28.3 Å². The molecule has 0 aromatic carbocycles. The number of fused-ring (bicyclic) bond motifs is 3. The largest absolute Gasteiger partial charge is 0.391 e. The highest BCUT2D eigenvalue weighted by Crippen LogP contribution is 2.56. The lowest BCUT2D eigenvalue weighted by molar-refractivity contribution is -0.155. The first-order valence-corrected chi connectivity index (χ1v) is 12.1. The molecule has 3 aliphatic rings. The topological polar surface area (TPSA) is 95.1 Å². The standard InChI is InChI=1S/C20H32N2O6Si/c1-11-9-22(18(24)21-17(11)23)14-8-12-15(27-12)16-13(26-14)10-25-29(28-16,19(2,3)4)20(5,6)7/h9,12-16H,8,10H2,1-7H3,(H,21,23,24)/t12-,13+,14+,15-,16+/m0/s1. The molecule has 0 radical (unpaired) electrons. The van der Waals surface area contributed by atoms with Crippen molar-refractivity contribution in [3.8, 4) is 0 Å². The molecule has 0 amide bonds. The smallest absolute Gasteiger partial charge is 0.349 e. The average molecular weight is 425 g/mol. The number of hydrogen-bond acceptors (Lipinski definition) is 6. The zero-order valence-corrected chi connectivity index (χ0v) is 19.3. The van der Waals surface area contributed by atoms with Crippen LogP contribution in [0.25, 0.3) is 0 Å². The van der Waals surface area contributed by atoms with Crippen LogP contribution in [0.1, 0.15) is 59.8 Å². The third kappa shape index (κ3) is 3.36. The van der Waals surface area contributed by atoms with Crippen molar-refractivity contribution in [3.63, 3.8) is 0 Å². The van der Waals surface area contributed by atoms with E-state index in [2.05, 4.69) is 46.5 Å². The van der Waals surface area contributed by atoms with Gasteiger partial charge < -0.3 is 18.3 Å². The predicted octanol–water partition coefficient (Wildman–Crippen LogP) is 2.36. The van der Waals surface area contributed by atoms with Crippen molar-refractivity contribution in [2.45, 2.75) is 95.6 Å². The molecular weight excluding hydrogens is 392 g/mol. The van der Waals surface area contributed by atoms with Crippen LogP contribution in [0.5, 0.6) is 0 Å². The molecule has 1 aromatic heterocycles. The zero-order valence-electron chi connectivity index (χ0n) is 18.3. The number of aryl methyl sites for hydroxylation is 1. The van der Waals surface area contributed by atoms with Crippen molar-refractivity contribution in [2.75, 3.05) is 6.61 Å². The second-order valence-corrected chi connectivity index (χ2v) is 15.3. The highest BCUT2D eigenvalue weighted by molar-refractivity contribution is 6.73. The van der Waals surface area contributed by atoms with Crippen molar-refractivity contribution in [3.05, 3.63) is 32.6 Å². The van der Waals surface area contributed by atoms with Crippen LogP contribution in [-0.4, -0.2) is 49.1 Å². The SMILES string of the molecule is Cc1cn([C@H]2C[C@@H]3O[C@@H]3[C@@H]3O[Si](C(C)(C)C)(C(C)(C)C)OC[C@H]3O2)c(=O)[nH]c1=O. The Morgan fingerprint density at radius 1 is 1.03 bits per heavy atom. The molecule has 29 heavy (non-hydrogen) atoms. The van der Waals surface area contributed by atoms with Crippen molar-refractivity contribution in [1.29, 1.82) is 0 Å². The van der Waals surface area contributed by atoms with Gasteiger partial charge in [0.1, 0.15) is 24.5 Å². The maximum Gasteiger partial charge on any atom is 0.349 e. The van der Waals surface area contributed by atoms with Crippen LogP contribution in [0.15, 0.2) is 15.8 Å². The Morgan fingerprint density at radius 2 is 1.69 bits per heavy atom. The number of nitrogens with zero attached hydrogens (tertiary/aromatic N) is 1. The van der Waals surface area contributed by atoms with Crippen LogP contribution in [0.3, 0.4) is 0 Å². The third-order valence-electron chi connectivity index (χ3n) is 6.26. The van der Waals surface area contributed by atoms with Gasteiger partial charge in [-0.2, -0.15) is 0 Å². The Morgan fingerprint density at radius 3 is 2.31 bits per heavy atom. The van der Waals surface area contributed by atoms with E-state index in [1.165, 1.54) is 4.57 Å². The summed E-state index contributed by atoms with van der Waals surface area (Å²) in [4.78, 5) is 26.5. The molecule has 9 heteroatoms. The van der Waals surface area contributed by atoms with Crippen LogP contribution in [0.4, 0.5) is 0 Å². The van der Waals surface area contributed by atoms with E-state index in [-0.39, 0.29) is 40.1 Å². The van der Waals surface area contributed by atoms with Gasteiger partial charge in [0.2, 0.25) is 0 Å². The summed E-state index contributed by atoms with van der Waals surface area (Å²) in [6, 6.07) is 0. The van der Waals surface area contributed by atoms with E-state index in [1.54, 1.807) is 13.1 Å². The number of aromatic amines is 1. The fourth-order valence-corrected chi connectivity index (χ4v) is 9.93. The third-order valence-corrected chi connectivity index (χ3v) is 11.4. The molecule has 3 aliphatic heterocycles. The molecule has 5 atom stereocenters. The Kier molecular flexibility index (Phi) is 4.79. The van der Waals surface area contributed by atoms with Crippen molar-refractivity contribution in [1.82, 2.24) is 9.55 Å². The molecule has 162 valence electrons. The zero-order chi connectivity index (χ0) is 21.4. The first-order valence-electron chi connectivity index (χ1n) is 10.3. The number of nitrogens with one attached hydrogen (secondary N) is 1. The van der Waals surface area contributed by atoms with E-state index in [1.807, 2.05) is 0 Å². The lowest BCUT2D eigenvalue weighted by atomic mass is 10.1. The molecule has 0 unspecified atom stereocenters. The van der Waals surface area contributed by atoms with Gasteiger partial charge in [0.15, 0.2) is 0 Å². The number of rotatable bonds is 1. The van der Waals surface area contributed by atoms with Gasteiger partial charge in [-0.25, -0.2) is 4.79 Å². The normalized spacial score (nSPS) is 34.1. The first kappa shape index (κ1) is 21.0. The lowest BCUT2D eigenvalue weighted by Crippen LogP contribution is -2.66. The minimum atomic E-state index is -2.64.